The number of ether oxygens (including phenoxy) is 1. The zero-order valence-electron chi connectivity index (χ0n) is 13.9. The number of carbonyl (C=O) groups is 2. The van der Waals surface area contributed by atoms with Crippen molar-refractivity contribution in [2.24, 2.45) is 0 Å². The predicted octanol–water partition coefficient (Wildman–Crippen LogP) is 3.33. The highest BCUT2D eigenvalue weighted by Gasteiger charge is 2.26. The molecule has 1 heterocycles. The third-order valence-electron chi connectivity index (χ3n) is 4.39. The lowest BCUT2D eigenvalue weighted by molar-refractivity contribution is -0.130. The van der Waals surface area contributed by atoms with Gasteiger partial charge in [0.25, 0.3) is 5.91 Å². The minimum atomic E-state index is -0.879. The molecule has 1 aromatic carbocycles. The Hall–Kier alpha value is -2.56. The molecule has 0 spiro atoms. The number of hydrogen-bond donors (Lipinski definition) is 1. The lowest BCUT2D eigenvalue weighted by atomic mass is 9.87. The van der Waals surface area contributed by atoms with Crippen molar-refractivity contribution in [1.82, 2.24) is 5.32 Å². The lowest BCUT2D eigenvalue weighted by Crippen LogP contribution is -2.39. The molecule has 0 aliphatic heterocycles. The van der Waals surface area contributed by atoms with E-state index in [0.29, 0.717) is 5.56 Å². The third-order valence-corrected chi connectivity index (χ3v) is 4.39. The summed E-state index contributed by atoms with van der Waals surface area (Å²) < 4.78 is 10.3. The molecule has 2 atom stereocenters. The second-order valence-electron chi connectivity index (χ2n) is 6.13. The average Bonchev–Trinajstić information content (AvgIpc) is 3.01. The van der Waals surface area contributed by atoms with Crippen LogP contribution in [0, 0.1) is 6.92 Å². The van der Waals surface area contributed by atoms with Crippen molar-refractivity contribution in [2.75, 3.05) is 0 Å². The second-order valence-corrected chi connectivity index (χ2v) is 6.13. The van der Waals surface area contributed by atoms with Gasteiger partial charge in [0.1, 0.15) is 0 Å². The highest BCUT2D eigenvalue weighted by atomic mass is 16.6. The van der Waals surface area contributed by atoms with E-state index >= 15 is 0 Å². The molecule has 1 amide bonds. The summed E-state index contributed by atoms with van der Waals surface area (Å²) in [5, 5.41) is 2.99. The van der Waals surface area contributed by atoms with Gasteiger partial charge in [0.2, 0.25) is 5.76 Å². The first-order chi connectivity index (χ1) is 11.6. The molecule has 5 heteroatoms. The number of carbonyl (C=O) groups excluding carboxylic acids is 2. The Balaban J connectivity index is 1.63. The number of nitrogens with one attached hydrogen (secondary N) is 1. The van der Waals surface area contributed by atoms with E-state index in [4.69, 9.17) is 9.15 Å². The first-order valence-corrected chi connectivity index (χ1v) is 8.19. The average molecular weight is 327 g/mol. The molecule has 1 aliphatic carbocycles. The summed E-state index contributed by atoms with van der Waals surface area (Å²) in [4.78, 5) is 24.4. The maximum absolute atomic E-state index is 12.4. The normalized spacial score (nSPS) is 17.7. The van der Waals surface area contributed by atoms with Gasteiger partial charge in [-0.15, -0.1) is 0 Å². The number of furan rings is 1. The SMILES string of the molecule is Cc1ccoc1C(=O)O[C@@H](C)C(=O)N[C@@H]1CCCc2ccccc21. The summed E-state index contributed by atoms with van der Waals surface area (Å²) in [5.74, 6) is -0.781. The molecule has 2 aromatic rings. The molecule has 0 saturated heterocycles. The molecule has 3 rings (SSSR count). The molecule has 126 valence electrons. The first kappa shape index (κ1) is 16.3. The van der Waals surface area contributed by atoms with Crippen LogP contribution in [0.2, 0.25) is 0 Å². The van der Waals surface area contributed by atoms with Gasteiger partial charge in [0.05, 0.1) is 12.3 Å². The van der Waals surface area contributed by atoms with Gasteiger partial charge in [0, 0.05) is 5.56 Å². The van der Waals surface area contributed by atoms with Crippen molar-refractivity contribution in [3.63, 3.8) is 0 Å². The number of rotatable bonds is 4. The summed E-state index contributed by atoms with van der Waals surface area (Å²) in [6.45, 7) is 3.32. The quantitative estimate of drug-likeness (QED) is 0.875. The molecular weight excluding hydrogens is 306 g/mol. The molecule has 0 saturated carbocycles. The van der Waals surface area contributed by atoms with Gasteiger partial charge in [-0.1, -0.05) is 24.3 Å². The summed E-state index contributed by atoms with van der Waals surface area (Å²) >= 11 is 0. The lowest BCUT2D eigenvalue weighted by Gasteiger charge is -2.27. The number of hydrogen-bond acceptors (Lipinski definition) is 4. The number of aryl methyl sites for hydroxylation is 2. The van der Waals surface area contributed by atoms with Crippen LogP contribution in [0.3, 0.4) is 0 Å². The highest BCUT2D eigenvalue weighted by Crippen LogP contribution is 2.29. The van der Waals surface area contributed by atoms with Crippen LogP contribution in [0.15, 0.2) is 41.0 Å². The number of esters is 1. The molecular formula is C19H21NO4. The van der Waals surface area contributed by atoms with E-state index in [-0.39, 0.29) is 17.7 Å². The van der Waals surface area contributed by atoms with Crippen LogP contribution in [0.25, 0.3) is 0 Å². The van der Waals surface area contributed by atoms with Crippen LogP contribution >= 0.6 is 0 Å². The molecule has 1 aliphatic rings. The van der Waals surface area contributed by atoms with Gasteiger partial charge in [-0.3, -0.25) is 4.79 Å². The van der Waals surface area contributed by atoms with Crippen molar-refractivity contribution in [1.29, 1.82) is 0 Å². The van der Waals surface area contributed by atoms with Crippen molar-refractivity contribution in [3.05, 3.63) is 59.0 Å². The number of fused-ring (bicyclic) bond motifs is 1. The van der Waals surface area contributed by atoms with Crippen molar-refractivity contribution >= 4 is 11.9 Å². The molecule has 0 radical (unpaired) electrons. The van der Waals surface area contributed by atoms with Gasteiger partial charge in [-0.05, 0) is 50.3 Å². The van der Waals surface area contributed by atoms with E-state index in [1.807, 2.05) is 18.2 Å². The number of amides is 1. The summed E-state index contributed by atoms with van der Waals surface area (Å²) in [7, 11) is 0. The van der Waals surface area contributed by atoms with Crippen LogP contribution in [-0.2, 0) is 16.0 Å². The Labute approximate surface area is 141 Å². The maximum atomic E-state index is 12.4. The molecule has 0 bridgehead atoms. The second kappa shape index (κ2) is 6.91. The van der Waals surface area contributed by atoms with Gasteiger partial charge >= 0.3 is 5.97 Å². The fourth-order valence-corrected chi connectivity index (χ4v) is 3.04. The van der Waals surface area contributed by atoms with Crippen LogP contribution in [0.1, 0.15) is 53.1 Å². The smallest absolute Gasteiger partial charge is 0.375 e. The van der Waals surface area contributed by atoms with Crippen LogP contribution in [0.5, 0.6) is 0 Å². The Morgan fingerprint density at radius 2 is 2.08 bits per heavy atom. The van der Waals surface area contributed by atoms with Gasteiger partial charge in [0.15, 0.2) is 6.10 Å². The Kier molecular flexibility index (Phi) is 4.69. The third kappa shape index (κ3) is 3.35. The van der Waals surface area contributed by atoms with Gasteiger partial charge in [-0.25, -0.2) is 4.79 Å². The van der Waals surface area contributed by atoms with Crippen molar-refractivity contribution in [3.8, 4) is 0 Å². The van der Waals surface area contributed by atoms with E-state index in [9.17, 15) is 9.59 Å². The Morgan fingerprint density at radius 3 is 2.83 bits per heavy atom. The molecule has 5 nitrogen and oxygen atoms in total. The molecule has 24 heavy (non-hydrogen) atoms. The van der Waals surface area contributed by atoms with E-state index in [1.54, 1.807) is 19.9 Å². The zero-order chi connectivity index (χ0) is 17.1. The summed E-state index contributed by atoms with van der Waals surface area (Å²) in [6, 6.07) is 9.78. The summed E-state index contributed by atoms with van der Waals surface area (Å²) in [5.41, 5.74) is 3.11. The van der Waals surface area contributed by atoms with Gasteiger partial charge < -0.3 is 14.5 Å². The topological polar surface area (TPSA) is 68.5 Å². The number of benzene rings is 1. The fraction of sp³-hybridized carbons (Fsp3) is 0.368. The minimum absolute atomic E-state index is 0.0334. The highest BCUT2D eigenvalue weighted by molar-refractivity contribution is 5.91. The van der Waals surface area contributed by atoms with Crippen molar-refractivity contribution in [2.45, 2.75) is 45.3 Å². The minimum Gasteiger partial charge on any atom is -0.457 e. The summed E-state index contributed by atoms with van der Waals surface area (Å²) in [6.07, 6.45) is 3.50. The van der Waals surface area contributed by atoms with E-state index in [2.05, 4.69) is 11.4 Å². The fourth-order valence-electron chi connectivity index (χ4n) is 3.04. The molecule has 0 fully saturated rings. The molecule has 1 N–H and O–H groups in total. The zero-order valence-corrected chi connectivity index (χ0v) is 13.9. The Morgan fingerprint density at radius 1 is 1.29 bits per heavy atom. The molecule has 0 unspecified atom stereocenters. The Bertz CT molecular complexity index is 749. The van der Waals surface area contributed by atoms with E-state index in [1.165, 1.54) is 11.8 Å². The van der Waals surface area contributed by atoms with Crippen LogP contribution in [-0.4, -0.2) is 18.0 Å². The van der Waals surface area contributed by atoms with E-state index < -0.39 is 12.1 Å². The van der Waals surface area contributed by atoms with E-state index in [0.717, 1.165) is 24.8 Å². The monoisotopic (exact) mass is 327 g/mol. The predicted molar refractivity (Wildman–Crippen MR) is 88.6 cm³/mol. The van der Waals surface area contributed by atoms with Crippen LogP contribution in [0.4, 0.5) is 0 Å². The standard InChI is InChI=1S/C19H21NO4/c1-12-10-11-23-17(12)19(22)24-13(2)18(21)20-16-9-5-7-14-6-3-4-8-15(14)16/h3-4,6,8,10-11,13,16H,5,7,9H2,1-2H3,(H,20,21)/t13-,16+/m0/s1. The largest absolute Gasteiger partial charge is 0.457 e. The molecule has 1 aromatic heterocycles. The van der Waals surface area contributed by atoms with Crippen LogP contribution < -0.4 is 5.32 Å². The first-order valence-electron chi connectivity index (χ1n) is 8.19. The maximum Gasteiger partial charge on any atom is 0.375 e. The van der Waals surface area contributed by atoms with Crippen molar-refractivity contribution < 1.29 is 18.7 Å². The van der Waals surface area contributed by atoms with Gasteiger partial charge in [-0.2, -0.15) is 0 Å².